The van der Waals surface area contributed by atoms with Gasteiger partial charge in [0.2, 0.25) is 0 Å². The molecule has 3 aromatic carbocycles. The number of halogens is 2. The fourth-order valence-electron chi connectivity index (χ4n) is 2.74. The molecule has 0 saturated carbocycles. The van der Waals surface area contributed by atoms with Crippen molar-refractivity contribution in [3.05, 3.63) is 87.4 Å². The third-order valence-electron chi connectivity index (χ3n) is 4.21. The maximum atomic E-state index is 6.51. The Morgan fingerprint density at radius 2 is 1.57 bits per heavy atom. The Hall–Kier alpha value is -2.36. The molecule has 1 N–H and O–H groups in total. The van der Waals surface area contributed by atoms with Crippen molar-refractivity contribution in [2.45, 2.75) is 27.0 Å². The second kappa shape index (κ2) is 9.72. The molecule has 0 unspecified atom stereocenters. The molecule has 0 aromatic heterocycles. The van der Waals surface area contributed by atoms with Crippen LogP contribution in [0.15, 0.2) is 60.7 Å². The number of hydrogen-bond acceptors (Lipinski definition) is 3. The van der Waals surface area contributed by atoms with Crippen molar-refractivity contribution in [3.8, 4) is 11.5 Å². The minimum Gasteiger partial charge on any atom is -0.490 e. The predicted molar refractivity (Wildman–Crippen MR) is 117 cm³/mol. The van der Waals surface area contributed by atoms with Crippen LogP contribution in [0.1, 0.15) is 23.6 Å². The highest BCUT2D eigenvalue weighted by Gasteiger charge is 2.13. The van der Waals surface area contributed by atoms with Crippen molar-refractivity contribution >= 4 is 28.9 Å². The van der Waals surface area contributed by atoms with E-state index in [-0.39, 0.29) is 0 Å². The van der Waals surface area contributed by atoms with Gasteiger partial charge in [0.25, 0.3) is 0 Å². The van der Waals surface area contributed by atoms with E-state index < -0.39 is 0 Å². The van der Waals surface area contributed by atoms with E-state index in [1.165, 1.54) is 5.56 Å². The van der Waals surface area contributed by atoms with Crippen LogP contribution >= 0.6 is 23.2 Å². The lowest BCUT2D eigenvalue weighted by Gasteiger charge is -2.16. The van der Waals surface area contributed by atoms with E-state index in [1.807, 2.05) is 55.5 Å². The van der Waals surface area contributed by atoms with Crippen LogP contribution in [0.5, 0.6) is 11.5 Å². The number of hydrogen-bond donors (Lipinski definition) is 1. The number of benzene rings is 3. The predicted octanol–water partition coefficient (Wildman–Crippen LogP) is 6.89. The summed E-state index contributed by atoms with van der Waals surface area (Å²) in [5.74, 6) is 1.22. The summed E-state index contributed by atoms with van der Waals surface area (Å²) in [6.07, 6.45) is 0. The van der Waals surface area contributed by atoms with Gasteiger partial charge in [0.15, 0.2) is 11.5 Å². The monoisotopic (exact) mass is 415 g/mol. The van der Waals surface area contributed by atoms with E-state index in [0.717, 1.165) is 16.8 Å². The molecule has 0 amide bonds. The summed E-state index contributed by atoms with van der Waals surface area (Å²) in [4.78, 5) is 0. The lowest BCUT2D eigenvalue weighted by Crippen LogP contribution is -2.04. The van der Waals surface area contributed by atoms with Crippen molar-refractivity contribution in [1.82, 2.24) is 0 Å². The Kier molecular flexibility index (Phi) is 7.07. The molecule has 0 bridgehead atoms. The number of aryl methyl sites for hydroxylation is 1. The van der Waals surface area contributed by atoms with E-state index in [1.54, 1.807) is 0 Å². The van der Waals surface area contributed by atoms with Gasteiger partial charge in [-0.3, -0.25) is 0 Å². The molecule has 0 saturated heterocycles. The summed E-state index contributed by atoms with van der Waals surface area (Å²) >= 11 is 12.4. The van der Waals surface area contributed by atoms with Crippen LogP contribution in [0, 0.1) is 6.92 Å². The lowest BCUT2D eigenvalue weighted by molar-refractivity contribution is 0.269. The number of nitrogens with one attached hydrogen (secondary N) is 1. The average Bonchev–Trinajstić information content (AvgIpc) is 2.68. The van der Waals surface area contributed by atoms with Gasteiger partial charge in [-0.25, -0.2) is 0 Å². The fraction of sp³-hybridized carbons (Fsp3) is 0.217. The van der Waals surface area contributed by atoms with Crippen molar-refractivity contribution in [2.24, 2.45) is 0 Å². The SMILES string of the molecule is CCOc1cc(CNc2ccc(Cl)cc2)cc(Cl)c1OCc1ccc(C)cc1. The Bertz CT molecular complexity index is 909. The van der Waals surface area contributed by atoms with Gasteiger partial charge in [-0.1, -0.05) is 53.0 Å². The first kappa shape index (κ1) is 20.4. The Balaban J connectivity index is 1.73. The van der Waals surface area contributed by atoms with E-state index in [0.29, 0.717) is 41.3 Å². The van der Waals surface area contributed by atoms with Gasteiger partial charge in [0, 0.05) is 17.3 Å². The quantitative estimate of drug-likeness (QED) is 0.434. The van der Waals surface area contributed by atoms with Crippen LogP contribution in [0.4, 0.5) is 5.69 Å². The highest BCUT2D eigenvalue weighted by Crippen LogP contribution is 2.37. The van der Waals surface area contributed by atoms with Crippen molar-refractivity contribution in [2.75, 3.05) is 11.9 Å². The molecule has 146 valence electrons. The zero-order valence-electron chi connectivity index (χ0n) is 16.0. The molecule has 0 atom stereocenters. The summed E-state index contributed by atoms with van der Waals surface area (Å²) in [6, 6.07) is 19.7. The normalized spacial score (nSPS) is 10.6. The topological polar surface area (TPSA) is 30.5 Å². The zero-order valence-corrected chi connectivity index (χ0v) is 17.5. The zero-order chi connectivity index (χ0) is 19.9. The van der Waals surface area contributed by atoms with Gasteiger partial charge in [-0.05, 0) is 61.4 Å². The largest absolute Gasteiger partial charge is 0.490 e. The highest BCUT2D eigenvalue weighted by molar-refractivity contribution is 6.32. The van der Waals surface area contributed by atoms with Crippen LogP contribution in [0.2, 0.25) is 10.0 Å². The van der Waals surface area contributed by atoms with Gasteiger partial charge in [-0.2, -0.15) is 0 Å². The minimum absolute atomic E-state index is 0.433. The molecular weight excluding hydrogens is 393 g/mol. The smallest absolute Gasteiger partial charge is 0.180 e. The van der Waals surface area contributed by atoms with Gasteiger partial charge < -0.3 is 14.8 Å². The first-order chi connectivity index (χ1) is 13.5. The summed E-state index contributed by atoms with van der Waals surface area (Å²) in [5, 5.41) is 4.60. The second-order valence-electron chi connectivity index (χ2n) is 6.47. The van der Waals surface area contributed by atoms with E-state index >= 15 is 0 Å². The molecule has 28 heavy (non-hydrogen) atoms. The van der Waals surface area contributed by atoms with Gasteiger partial charge in [0.1, 0.15) is 6.61 Å². The molecule has 0 fully saturated rings. The van der Waals surface area contributed by atoms with Crippen molar-refractivity contribution in [3.63, 3.8) is 0 Å². The van der Waals surface area contributed by atoms with Gasteiger partial charge in [-0.15, -0.1) is 0 Å². The minimum atomic E-state index is 0.433. The Labute approximate surface area is 176 Å². The highest BCUT2D eigenvalue weighted by atomic mass is 35.5. The lowest BCUT2D eigenvalue weighted by atomic mass is 10.1. The van der Waals surface area contributed by atoms with Crippen molar-refractivity contribution < 1.29 is 9.47 Å². The molecule has 3 aromatic rings. The third-order valence-corrected chi connectivity index (χ3v) is 4.75. The number of ether oxygens (including phenoxy) is 2. The van der Waals surface area contributed by atoms with Gasteiger partial charge in [0.05, 0.1) is 11.6 Å². The molecule has 5 heteroatoms. The summed E-state index contributed by atoms with van der Waals surface area (Å²) in [5.41, 5.74) is 4.29. The van der Waals surface area contributed by atoms with E-state index in [9.17, 15) is 0 Å². The average molecular weight is 416 g/mol. The number of anilines is 1. The van der Waals surface area contributed by atoms with E-state index in [4.69, 9.17) is 32.7 Å². The fourth-order valence-corrected chi connectivity index (χ4v) is 3.15. The van der Waals surface area contributed by atoms with Crippen LogP contribution in [-0.4, -0.2) is 6.61 Å². The second-order valence-corrected chi connectivity index (χ2v) is 7.32. The van der Waals surface area contributed by atoms with Gasteiger partial charge >= 0.3 is 0 Å². The first-order valence-corrected chi connectivity index (χ1v) is 9.93. The summed E-state index contributed by atoms with van der Waals surface area (Å²) in [7, 11) is 0. The van der Waals surface area contributed by atoms with Crippen LogP contribution in [0.3, 0.4) is 0 Å². The maximum absolute atomic E-state index is 6.51. The standard InChI is InChI=1S/C23H23Cl2NO2/c1-3-27-22-13-18(14-26-20-10-8-19(24)9-11-20)12-21(25)23(22)28-15-17-6-4-16(2)5-7-17/h4-13,26H,3,14-15H2,1-2H3. The van der Waals surface area contributed by atoms with Crippen LogP contribution < -0.4 is 14.8 Å². The Morgan fingerprint density at radius 3 is 2.25 bits per heavy atom. The van der Waals surface area contributed by atoms with E-state index in [2.05, 4.69) is 24.4 Å². The third kappa shape index (κ3) is 5.57. The van der Waals surface area contributed by atoms with Crippen LogP contribution in [-0.2, 0) is 13.2 Å². The molecule has 0 aliphatic carbocycles. The molecule has 0 heterocycles. The summed E-state index contributed by atoms with van der Waals surface area (Å²) in [6.45, 7) is 5.58. The number of rotatable bonds is 8. The molecule has 0 radical (unpaired) electrons. The molecular formula is C23H23Cl2NO2. The maximum Gasteiger partial charge on any atom is 0.180 e. The molecule has 0 aliphatic heterocycles. The molecule has 3 nitrogen and oxygen atoms in total. The molecule has 0 aliphatic rings. The molecule has 3 rings (SSSR count). The van der Waals surface area contributed by atoms with Crippen molar-refractivity contribution in [1.29, 1.82) is 0 Å². The molecule has 0 spiro atoms. The Morgan fingerprint density at radius 1 is 0.857 bits per heavy atom. The van der Waals surface area contributed by atoms with Crippen LogP contribution in [0.25, 0.3) is 0 Å². The first-order valence-electron chi connectivity index (χ1n) is 9.18. The summed E-state index contributed by atoms with van der Waals surface area (Å²) < 4.78 is 11.8.